The normalized spacial score (nSPS) is 39.6. The van der Waals surface area contributed by atoms with E-state index in [4.69, 9.17) is 0 Å². The van der Waals surface area contributed by atoms with Gasteiger partial charge in [0.2, 0.25) is 6.41 Å². The molecule has 21 heavy (non-hydrogen) atoms. The Bertz CT molecular complexity index is 362. The van der Waals surface area contributed by atoms with E-state index in [9.17, 15) is 4.79 Å². The van der Waals surface area contributed by atoms with Crippen molar-refractivity contribution < 1.29 is 4.79 Å². The van der Waals surface area contributed by atoms with Gasteiger partial charge < -0.3 is 10.2 Å². The summed E-state index contributed by atoms with van der Waals surface area (Å²) in [6.07, 6.45) is 14.2. The van der Waals surface area contributed by atoms with Gasteiger partial charge in [0.15, 0.2) is 0 Å². The summed E-state index contributed by atoms with van der Waals surface area (Å²) in [6.45, 7) is 2.26. The summed E-state index contributed by atoms with van der Waals surface area (Å²) in [7, 11) is 2.05. The summed E-state index contributed by atoms with van der Waals surface area (Å²) in [5.41, 5.74) is 0.258. The third kappa shape index (κ3) is 2.86. The van der Waals surface area contributed by atoms with Crippen LogP contribution in [0.25, 0.3) is 0 Å². The molecule has 1 amide bonds. The number of amides is 1. The topological polar surface area (TPSA) is 32.3 Å². The molecule has 0 heterocycles. The zero-order chi connectivity index (χ0) is 14.9. The predicted molar refractivity (Wildman–Crippen MR) is 86.1 cm³/mol. The molecule has 0 aromatic rings. The van der Waals surface area contributed by atoms with Crippen LogP contribution in [0.2, 0.25) is 0 Å². The fourth-order valence-corrected chi connectivity index (χ4v) is 5.39. The summed E-state index contributed by atoms with van der Waals surface area (Å²) in [4.78, 5) is 14.2. The van der Waals surface area contributed by atoms with Crippen LogP contribution in [-0.2, 0) is 4.79 Å². The Morgan fingerprint density at radius 3 is 2.62 bits per heavy atom. The molecule has 2 bridgehead atoms. The van der Waals surface area contributed by atoms with Crippen molar-refractivity contribution in [3.63, 3.8) is 0 Å². The SMILES string of the molecule is CNC(C)CCC1CCCC1N(C=O)C12CCC(CC1)C2. The lowest BCUT2D eigenvalue weighted by Crippen LogP contribution is -2.51. The maximum Gasteiger partial charge on any atom is 0.210 e. The van der Waals surface area contributed by atoms with Gasteiger partial charge in [-0.3, -0.25) is 4.79 Å². The van der Waals surface area contributed by atoms with Crippen LogP contribution in [0.15, 0.2) is 0 Å². The summed E-state index contributed by atoms with van der Waals surface area (Å²) >= 11 is 0. The molecule has 3 fully saturated rings. The molecular formula is C18H32N2O. The second kappa shape index (κ2) is 6.28. The summed E-state index contributed by atoms with van der Waals surface area (Å²) in [5, 5.41) is 3.34. The number of fused-ring (bicyclic) bond motifs is 2. The second-order valence-electron chi connectivity index (χ2n) is 7.91. The van der Waals surface area contributed by atoms with Crippen LogP contribution in [0.3, 0.4) is 0 Å². The summed E-state index contributed by atoms with van der Waals surface area (Å²) in [5.74, 6) is 1.65. The minimum atomic E-state index is 0.258. The Morgan fingerprint density at radius 1 is 1.29 bits per heavy atom. The van der Waals surface area contributed by atoms with E-state index in [0.29, 0.717) is 12.1 Å². The van der Waals surface area contributed by atoms with Crippen LogP contribution >= 0.6 is 0 Å². The standard InChI is InChI=1S/C18H32N2O/c1-14(19-2)6-7-16-4-3-5-17(16)20(13-21)18-10-8-15(12-18)9-11-18/h13-17,19H,3-12H2,1-2H3. The summed E-state index contributed by atoms with van der Waals surface area (Å²) in [6, 6.07) is 1.12. The van der Waals surface area contributed by atoms with Gasteiger partial charge >= 0.3 is 0 Å². The Hall–Kier alpha value is -0.570. The van der Waals surface area contributed by atoms with Crippen LogP contribution in [-0.4, -0.2) is 36.0 Å². The van der Waals surface area contributed by atoms with Gasteiger partial charge in [-0.1, -0.05) is 6.42 Å². The summed E-state index contributed by atoms with van der Waals surface area (Å²) < 4.78 is 0. The molecule has 0 radical (unpaired) electrons. The smallest absolute Gasteiger partial charge is 0.210 e. The van der Waals surface area contributed by atoms with E-state index in [1.54, 1.807) is 0 Å². The lowest BCUT2D eigenvalue weighted by Gasteiger charge is -2.43. The Balaban J connectivity index is 1.66. The number of carbonyl (C=O) groups excluding carboxylic acids is 1. The van der Waals surface area contributed by atoms with Crippen LogP contribution in [0, 0.1) is 11.8 Å². The van der Waals surface area contributed by atoms with Gasteiger partial charge in [0.25, 0.3) is 0 Å². The highest BCUT2D eigenvalue weighted by Crippen LogP contribution is 2.53. The third-order valence-corrected chi connectivity index (χ3v) is 6.81. The van der Waals surface area contributed by atoms with Gasteiger partial charge in [-0.15, -0.1) is 0 Å². The largest absolute Gasteiger partial charge is 0.336 e. The zero-order valence-electron chi connectivity index (χ0n) is 13.8. The molecule has 3 saturated carbocycles. The molecule has 0 aromatic heterocycles. The molecular weight excluding hydrogens is 260 g/mol. The maximum atomic E-state index is 11.9. The Kier molecular flexibility index (Phi) is 4.58. The van der Waals surface area contributed by atoms with Crippen LogP contribution in [0.4, 0.5) is 0 Å². The molecule has 120 valence electrons. The zero-order valence-corrected chi connectivity index (χ0v) is 13.8. The highest BCUT2D eigenvalue weighted by molar-refractivity contribution is 5.51. The number of hydrogen-bond donors (Lipinski definition) is 1. The average Bonchev–Trinajstić information content (AvgIpc) is 3.21. The number of hydrogen-bond acceptors (Lipinski definition) is 2. The highest BCUT2D eigenvalue weighted by atomic mass is 16.1. The van der Waals surface area contributed by atoms with Gasteiger partial charge in [0.1, 0.15) is 0 Å². The fourth-order valence-electron chi connectivity index (χ4n) is 5.39. The molecule has 3 unspecified atom stereocenters. The lowest BCUT2D eigenvalue weighted by atomic mass is 9.87. The molecule has 3 rings (SSSR count). The van der Waals surface area contributed by atoms with E-state index >= 15 is 0 Å². The first-order valence-electron chi connectivity index (χ1n) is 9.09. The second-order valence-corrected chi connectivity index (χ2v) is 7.91. The molecule has 3 aliphatic carbocycles. The van der Waals surface area contributed by atoms with Crippen molar-refractivity contribution in [3.8, 4) is 0 Å². The van der Waals surface area contributed by atoms with Gasteiger partial charge in [-0.2, -0.15) is 0 Å². The molecule has 0 aromatic carbocycles. The molecule has 3 aliphatic rings. The first-order chi connectivity index (χ1) is 10.2. The van der Waals surface area contributed by atoms with Crippen molar-refractivity contribution in [1.29, 1.82) is 0 Å². The molecule has 0 aliphatic heterocycles. The first kappa shape index (κ1) is 15.3. The monoisotopic (exact) mass is 292 g/mol. The number of rotatable bonds is 7. The average molecular weight is 292 g/mol. The van der Waals surface area contributed by atoms with Crippen LogP contribution in [0.5, 0.6) is 0 Å². The number of nitrogens with zero attached hydrogens (tertiary/aromatic N) is 1. The van der Waals surface area contributed by atoms with Gasteiger partial charge in [0.05, 0.1) is 0 Å². The van der Waals surface area contributed by atoms with Crippen LogP contribution in [0.1, 0.15) is 71.1 Å². The van der Waals surface area contributed by atoms with Crippen molar-refractivity contribution >= 4 is 6.41 Å². The van der Waals surface area contributed by atoms with Crippen molar-refractivity contribution in [2.24, 2.45) is 11.8 Å². The van der Waals surface area contributed by atoms with E-state index in [2.05, 4.69) is 17.1 Å². The minimum absolute atomic E-state index is 0.258. The van der Waals surface area contributed by atoms with Gasteiger partial charge in [-0.25, -0.2) is 0 Å². The minimum Gasteiger partial charge on any atom is -0.336 e. The van der Waals surface area contributed by atoms with E-state index in [0.717, 1.165) is 11.8 Å². The molecule has 3 nitrogen and oxygen atoms in total. The highest BCUT2D eigenvalue weighted by Gasteiger charge is 2.51. The van der Waals surface area contributed by atoms with Crippen molar-refractivity contribution in [3.05, 3.63) is 0 Å². The number of carbonyl (C=O) groups is 1. The molecule has 0 spiro atoms. The van der Waals surface area contributed by atoms with Crippen molar-refractivity contribution in [2.75, 3.05) is 7.05 Å². The van der Waals surface area contributed by atoms with E-state index in [-0.39, 0.29) is 5.54 Å². The Labute approximate surface area is 129 Å². The third-order valence-electron chi connectivity index (χ3n) is 6.81. The van der Waals surface area contributed by atoms with E-state index in [1.807, 2.05) is 7.05 Å². The van der Waals surface area contributed by atoms with Crippen molar-refractivity contribution in [2.45, 2.75) is 88.8 Å². The van der Waals surface area contributed by atoms with Gasteiger partial charge in [-0.05, 0) is 83.6 Å². The lowest BCUT2D eigenvalue weighted by molar-refractivity contribution is -0.128. The van der Waals surface area contributed by atoms with E-state index < -0.39 is 0 Å². The maximum absolute atomic E-state index is 11.9. The quantitative estimate of drug-likeness (QED) is 0.730. The fraction of sp³-hybridized carbons (Fsp3) is 0.944. The predicted octanol–water partition coefficient (Wildman–Crippen LogP) is 3.33. The molecule has 3 atom stereocenters. The van der Waals surface area contributed by atoms with Gasteiger partial charge in [0, 0.05) is 17.6 Å². The Morgan fingerprint density at radius 2 is 2.05 bits per heavy atom. The molecule has 0 saturated heterocycles. The van der Waals surface area contributed by atoms with E-state index in [1.165, 1.54) is 70.6 Å². The molecule has 1 N–H and O–H groups in total. The van der Waals surface area contributed by atoms with Crippen LogP contribution < -0.4 is 5.32 Å². The molecule has 3 heteroatoms. The first-order valence-corrected chi connectivity index (χ1v) is 9.09. The van der Waals surface area contributed by atoms with Crippen molar-refractivity contribution in [1.82, 2.24) is 10.2 Å². The number of nitrogens with one attached hydrogen (secondary N) is 1.